The molecule has 0 bridgehead atoms. The van der Waals surface area contributed by atoms with Crippen molar-refractivity contribution in [1.82, 2.24) is 14.5 Å². The van der Waals surface area contributed by atoms with Crippen LogP contribution in [0.2, 0.25) is 0 Å². The van der Waals surface area contributed by atoms with Crippen molar-refractivity contribution in [2.45, 2.75) is 10.9 Å². The molecule has 3 aromatic rings. The first-order valence-electron chi connectivity index (χ1n) is 6.24. The zero-order valence-corrected chi connectivity index (χ0v) is 13.2. The highest BCUT2D eigenvalue weighted by Gasteiger charge is 2.10. The van der Waals surface area contributed by atoms with Crippen LogP contribution >= 0.6 is 23.1 Å². The molecular weight excluding hydrogens is 306 g/mol. The van der Waals surface area contributed by atoms with E-state index in [9.17, 15) is 4.79 Å². The SMILES string of the molecule is COc1cccc(Cn2cnc3nc(SC)sc3c2=O)c1. The predicted octanol–water partition coefficient (Wildman–Crippen LogP) is 2.63. The Bertz CT molecular complexity index is 842. The first-order valence-corrected chi connectivity index (χ1v) is 8.28. The molecule has 0 fully saturated rings. The molecule has 0 atom stereocenters. The van der Waals surface area contributed by atoms with Crippen LogP contribution in [0, 0.1) is 0 Å². The second kappa shape index (κ2) is 5.87. The van der Waals surface area contributed by atoms with Crippen LogP contribution in [0.1, 0.15) is 5.56 Å². The van der Waals surface area contributed by atoms with Crippen LogP contribution < -0.4 is 10.3 Å². The van der Waals surface area contributed by atoms with Crippen molar-refractivity contribution in [3.8, 4) is 5.75 Å². The van der Waals surface area contributed by atoms with Crippen LogP contribution in [0.15, 0.2) is 39.7 Å². The Hall–Kier alpha value is -1.86. The largest absolute Gasteiger partial charge is 0.497 e. The summed E-state index contributed by atoms with van der Waals surface area (Å²) in [6.45, 7) is 0.464. The summed E-state index contributed by atoms with van der Waals surface area (Å²) in [7, 11) is 1.63. The van der Waals surface area contributed by atoms with Gasteiger partial charge in [0.15, 0.2) is 9.99 Å². The Morgan fingerprint density at radius 3 is 3.05 bits per heavy atom. The van der Waals surface area contributed by atoms with E-state index in [4.69, 9.17) is 4.74 Å². The highest BCUT2D eigenvalue weighted by molar-refractivity contribution is 8.00. The maximum atomic E-state index is 12.5. The van der Waals surface area contributed by atoms with E-state index >= 15 is 0 Å². The van der Waals surface area contributed by atoms with Gasteiger partial charge in [-0.2, -0.15) is 0 Å². The standard InChI is InChI=1S/C14H13N3O2S2/c1-19-10-5-3-4-9(6-10)7-17-8-15-12-11(13(17)18)21-14(16-12)20-2/h3-6,8H,7H2,1-2H3. The van der Waals surface area contributed by atoms with E-state index in [0.717, 1.165) is 15.7 Å². The minimum Gasteiger partial charge on any atom is -0.497 e. The molecule has 0 amide bonds. The maximum Gasteiger partial charge on any atom is 0.273 e. The van der Waals surface area contributed by atoms with Crippen molar-refractivity contribution in [2.75, 3.05) is 13.4 Å². The molecule has 0 saturated carbocycles. The summed E-state index contributed by atoms with van der Waals surface area (Å²) in [5, 5.41) is 0. The molecule has 1 aromatic carbocycles. The molecule has 108 valence electrons. The molecule has 0 N–H and O–H groups in total. The molecule has 0 aliphatic heterocycles. The van der Waals surface area contributed by atoms with E-state index in [1.54, 1.807) is 18.0 Å². The third kappa shape index (κ3) is 2.79. The van der Waals surface area contributed by atoms with Gasteiger partial charge >= 0.3 is 0 Å². The third-order valence-corrected chi connectivity index (χ3v) is 5.04. The van der Waals surface area contributed by atoms with Gasteiger partial charge in [-0.15, -0.1) is 11.3 Å². The van der Waals surface area contributed by atoms with Crippen molar-refractivity contribution in [2.24, 2.45) is 0 Å². The number of hydrogen-bond donors (Lipinski definition) is 0. The zero-order chi connectivity index (χ0) is 14.8. The van der Waals surface area contributed by atoms with Gasteiger partial charge in [0.25, 0.3) is 5.56 Å². The maximum absolute atomic E-state index is 12.5. The monoisotopic (exact) mass is 319 g/mol. The Kier molecular flexibility index (Phi) is 3.94. The van der Waals surface area contributed by atoms with Crippen LogP contribution in [0.5, 0.6) is 5.75 Å². The molecular formula is C14H13N3O2S2. The number of hydrogen-bond acceptors (Lipinski definition) is 6. The number of benzene rings is 1. The fraction of sp³-hybridized carbons (Fsp3) is 0.214. The van der Waals surface area contributed by atoms with E-state index < -0.39 is 0 Å². The van der Waals surface area contributed by atoms with Crippen LogP contribution in [-0.2, 0) is 6.54 Å². The van der Waals surface area contributed by atoms with Gasteiger partial charge in [-0.3, -0.25) is 9.36 Å². The number of ether oxygens (including phenoxy) is 1. The van der Waals surface area contributed by atoms with Gasteiger partial charge in [-0.25, -0.2) is 9.97 Å². The van der Waals surface area contributed by atoms with Crippen LogP contribution in [-0.4, -0.2) is 27.9 Å². The van der Waals surface area contributed by atoms with Crippen LogP contribution in [0.4, 0.5) is 0 Å². The molecule has 5 nitrogen and oxygen atoms in total. The van der Waals surface area contributed by atoms with Gasteiger partial charge in [0, 0.05) is 0 Å². The molecule has 0 aliphatic carbocycles. The quantitative estimate of drug-likeness (QED) is 0.692. The fourth-order valence-corrected chi connectivity index (χ4v) is 3.46. The second-order valence-electron chi connectivity index (χ2n) is 4.37. The lowest BCUT2D eigenvalue weighted by molar-refractivity contribution is 0.414. The lowest BCUT2D eigenvalue weighted by Crippen LogP contribution is -2.20. The molecule has 0 aliphatic rings. The Morgan fingerprint density at radius 1 is 1.43 bits per heavy atom. The van der Waals surface area contributed by atoms with E-state index in [0.29, 0.717) is 16.9 Å². The average Bonchev–Trinajstić information content (AvgIpc) is 2.94. The zero-order valence-electron chi connectivity index (χ0n) is 11.6. The minimum absolute atomic E-state index is 0.0550. The first-order chi connectivity index (χ1) is 10.2. The molecule has 0 unspecified atom stereocenters. The number of rotatable bonds is 4. The van der Waals surface area contributed by atoms with Gasteiger partial charge in [0.2, 0.25) is 0 Å². The number of nitrogens with zero attached hydrogens (tertiary/aromatic N) is 3. The summed E-state index contributed by atoms with van der Waals surface area (Å²) in [4.78, 5) is 21.0. The van der Waals surface area contributed by atoms with Crippen molar-refractivity contribution < 1.29 is 4.74 Å². The lowest BCUT2D eigenvalue weighted by Gasteiger charge is -2.06. The molecule has 21 heavy (non-hydrogen) atoms. The fourth-order valence-electron chi connectivity index (χ4n) is 1.99. The highest BCUT2D eigenvalue weighted by atomic mass is 32.2. The van der Waals surface area contributed by atoms with Gasteiger partial charge in [-0.05, 0) is 24.0 Å². The van der Waals surface area contributed by atoms with E-state index in [1.165, 1.54) is 23.1 Å². The molecule has 2 heterocycles. The van der Waals surface area contributed by atoms with E-state index in [-0.39, 0.29) is 5.56 Å². The van der Waals surface area contributed by atoms with Crippen molar-refractivity contribution in [3.05, 3.63) is 46.5 Å². The van der Waals surface area contributed by atoms with Crippen LogP contribution in [0.25, 0.3) is 10.3 Å². The van der Waals surface area contributed by atoms with Gasteiger partial charge in [0.05, 0.1) is 13.7 Å². The summed E-state index contributed by atoms with van der Waals surface area (Å²) in [6.07, 6.45) is 3.49. The Morgan fingerprint density at radius 2 is 2.29 bits per heavy atom. The molecule has 2 aromatic heterocycles. The first kappa shape index (κ1) is 14.1. The van der Waals surface area contributed by atoms with Crippen molar-refractivity contribution >= 4 is 33.4 Å². The lowest BCUT2D eigenvalue weighted by atomic mass is 10.2. The Labute approximate surface area is 129 Å². The van der Waals surface area contributed by atoms with Crippen molar-refractivity contribution in [3.63, 3.8) is 0 Å². The molecule has 0 saturated heterocycles. The van der Waals surface area contributed by atoms with Gasteiger partial charge in [-0.1, -0.05) is 23.9 Å². The van der Waals surface area contributed by atoms with Gasteiger partial charge < -0.3 is 4.74 Å². The number of aromatic nitrogens is 3. The Balaban J connectivity index is 2.00. The molecule has 0 radical (unpaired) electrons. The topological polar surface area (TPSA) is 57.0 Å². The summed E-state index contributed by atoms with van der Waals surface area (Å²) >= 11 is 2.91. The second-order valence-corrected chi connectivity index (χ2v) is 6.42. The van der Waals surface area contributed by atoms with E-state index in [2.05, 4.69) is 9.97 Å². The van der Waals surface area contributed by atoms with Crippen molar-refractivity contribution in [1.29, 1.82) is 0 Å². The average molecular weight is 319 g/mol. The number of methoxy groups -OCH3 is 1. The van der Waals surface area contributed by atoms with Crippen LogP contribution in [0.3, 0.4) is 0 Å². The number of thiazole rings is 1. The number of thioether (sulfide) groups is 1. The summed E-state index contributed by atoms with van der Waals surface area (Å²) in [6, 6.07) is 7.65. The predicted molar refractivity (Wildman–Crippen MR) is 85.6 cm³/mol. The summed E-state index contributed by atoms with van der Waals surface area (Å²) < 4.78 is 8.25. The summed E-state index contributed by atoms with van der Waals surface area (Å²) in [5.41, 5.74) is 1.46. The molecule has 7 heteroatoms. The minimum atomic E-state index is -0.0550. The summed E-state index contributed by atoms with van der Waals surface area (Å²) in [5.74, 6) is 0.775. The smallest absolute Gasteiger partial charge is 0.273 e. The van der Waals surface area contributed by atoms with Gasteiger partial charge in [0.1, 0.15) is 16.8 Å². The molecule has 0 spiro atoms. The molecule has 3 rings (SSSR count). The third-order valence-electron chi connectivity index (χ3n) is 3.03. The van der Waals surface area contributed by atoms with E-state index in [1.807, 2.05) is 30.5 Å². The normalized spacial score (nSPS) is 11.0. The highest BCUT2D eigenvalue weighted by Crippen LogP contribution is 2.24. The number of fused-ring (bicyclic) bond motifs is 1.